The van der Waals surface area contributed by atoms with E-state index in [0.29, 0.717) is 13.1 Å². The third kappa shape index (κ3) is 3.14. The lowest BCUT2D eigenvalue weighted by Crippen LogP contribution is -2.23. The van der Waals surface area contributed by atoms with Gasteiger partial charge in [0.05, 0.1) is 0 Å². The van der Waals surface area contributed by atoms with Crippen molar-refractivity contribution in [3.05, 3.63) is 47.5 Å². The standard InChI is InChI=1S/C12H15N5O/c13-6-5-9-1-3-10(4-2-9)7-14-12(18)11-15-8-16-17-11/h1-4,8H,5-7,13H2,(H,14,18)(H,15,16,17). The van der Waals surface area contributed by atoms with Crippen LogP contribution in [0.15, 0.2) is 30.6 Å². The van der Waals surface area contributed by atoms with Crippen molar-refractivity contribution in [2.24, 2.45) is 5.73 Å². The number of carbonyl (C=O) groups is 1. The Bertz CT molecular complexity index is 492. The number of aromatic amines is 1. The van der Waals surface area contributed by atoms with Gasteiger partial charge < -0.3 is 11.1 Å². The number of benzene rings is 1. The van der Waals surface area contributed by atoms with Crippen LogP contribution < -0.4 is 11.1 Å². The molecule has 0 spiro atoms. The average molecular weight is 245 g/mol. The molecule has 0 saturated carbocycles. The summed E-state index contributed by atoms with van der Waals surface area (Å²) < 4.78 is 0. The number of hydrogen-bond donors (Lipinski definition) is 3. The summed E-state index contributed by atoms with van der Waals surface area (Å²) in [6.07, 6.45) is 2.17. The van der Waals surface area contributed by atoms with Gasteiger partial charge in [-0.05, 0) is 24.1 Å². The van der Waals surface area contributed by atoms with E-state index in [1.165, 1.54) is 11.9 Å². The van der Waals surface area contributed by atoms with Gasteiger partial charge in [-0.2, -0.15) is 5.10 Å². The Morgan fingerprint density at radius 2 is 2.00 bits per heavy atom. The van der Waals surface area contributed by atoms with Gasteiger partial charge in [-0.25, -0.2) is 4.98 Å². The highest BCUT2D eigenvalue weighted by Gasteiger charge is 2.07. The van der Waals surface area contributed by atoms with Crippen molar-refractivity contribution in [1.82, 2.24) is 20.5 Å². The van der Waals surface area contributed by atoms with Crippen LogP contribution >= 0.6 is 0 Å². The second-order valence-corrected chi connectivity index (χ2v) is 3.87. The first-order valence-corrected chi connectivity index (χ1v) is 5.71. The zero-order valence-electron chi connectivity index (χ0n) is 9.89. The summed E-state index contributed by atoms with van der Waals surface area (Å²) in [7, 11) is 0. The van der Waals surface area contributed by atoms with Crippen molar-refractivity contribution >= 4 is 5.91 Å². The quantitative estimate of drug-likeness (QED) is 0.702. The number of aromatic nitrogens is 3. The molecule has 0 aliphatic carbocycles. The molecule has 2 rings (SSSR count). The highest BCUT2D eigenvalue weighted by molar-refractivity contribution is 5.90. The number of nitrogens with zero attached hydrogens (tertiary/aromatic N) is 2. The average Bonchev–Trinajstić information content (AvgIpc) is 2.92. The summed E-state index contributed by atoms with van der Waals surface area (Å²) in [5.74, 6) is -0.0479. The van der Waals surface area contributed by atoms with Crippen LogP contribution in [0.3, 0.4) is 0 Å². The zero-order chi connectivity index (χ0) is 12.8. The van der Waals surface area contributed by atoms with E-state index in [1.54, 1.807) is 0 Å². The maximum absolute atomic E-state index is 11.6. The molecule has 4 N–H and O–H groups in total. The van der Waals surface area contributed by atoms with Crippen LogP contribution in [0.25, 0.3) is 0 Å². The largest absolute Gasteiger partial charge is 0.345 e. The Balaban J connectivity index is 1.88. The minimum absolute atomic E-state index is 0.217. The maximum Gasteiger partial charge on any atom is 0.288 e. The molecule has 1 heterocycles. The smallest absolute Gasteiger partial charge is 0.288 e. The molecule has 0 radical (unpaired) electrons. The number of amides is 1. The third-order valence-corrected chi connectivity index (χ3v) is 2.54. The van der Waals surface area contributed by atoms with Crippen molar-refractivity contribution in [3.8, 4) is 0 Å². The normalized spacial score (nSPS) is 10.3. The minimum atomic E-state index is -0.265. The lowest BCUT2D eigenvalue weighted by molar-refractivity contribution is 0.0941. The van der Waals surface area contributed by atoms with Crippen molar-refractivity contribution in [1.29, 1.82) is 0 Å². The summed E-state index contributed by atoms with van der Waals surface area (Å²) in [5, 5.41) is 8.89. The summed E-state index contributed by atoms with van der Waals surface area (Å²) in [4.78, 5) is 15.4. The molecule has 6 nitrogen and oxygen atoms in total. The lowest BCUT2D eigenvalue weighted by atomic mass is 10.1. The van der Waals surface area contributed by atoms with Gasteiger partial charge in [0.2, 0.25) is 5.82 Å². The fourth-order valence-corrected chi connectivity index (χ4v) is 1.57. The van der Waals surface area contributed by atoms with Gasteiger partial charge in [-0.15, -0.1) is 0 Å². The van der Waals surface area contributed by atoms with E-state index in [0.717, 1.165) is 12.0 Å². The Morgan fingerprint density at radius 3 is 2.61 bits per heavy atom. The Kier molecular flexibility index (Phi) is 4.03. The number of hydrogen-bond acceptors (Lipinski definition) is 4. The topological polar surface area (TPSA) is 96.7 Å². The fraction of sp³-hybridized carbons (Fsp3) is 0.250. The van der Waals surface area contributed by atoms with Gasteiger partial charge in [0, 0.05) is 6.54 Å². The first-order valence-electron chi connectivity index (χ1n) is 5.71. The van der Waals surface area contributed by atoms with E-state index in [1.807, 2.05) is 24.3 Å². The maximum atomic E-state index is 11.6. The van der Waals surface area contributed by atoms with Crippen LogP contribution in [-0.2, 0) is 13.0 Å². The Labute approximate surface area is 105 Å². The van der Waals surface area contributed by atoms with Crippen molar-refractivity contribution < 1.29 is 4.79 Å². The summed E-state index contributed by atoms with van der Waals surface area (Å²) in [6, 6.07) is 7.99. The molecule has 1 amide bonds. The molecule has 0 fully saturated rings. The molecule has 1 aromatic carbocycles. The van der Waals surface area contributed by atoms with Crippen molar-refractivity contribution in [2.45, 2.75) is 13.0 Å². The fourth-order valence-electron chi connectivity index (χ4n) is 1.57. The van der Waals surface area contributed by atoms with Gasteiger partial charge in [0.25, 0.3) is 5.91 Å². The first-order chi connectivity index (χ1) is 8.79. The predicted molar refractivity (Wildman–Crippen MR) is 66.8 cm³/mol. The molecular formula is C12H15N5O. The van der Waals surface area contributed by atoms with Crippen molar-refractivity contribution in [3.63, 3.8) is 0 Å². The molecule has 0 saturated heterocycles. The number of H-pyrrole nitrogens is 1. The molecule has 18 heavy (non-hydrogen) atoms. The number of rotatable bonds is 5. The summed E-state index contributed by atoms with van der Waals surface area (Å²) in [6.45, 7) is 1.10. The van der Waals surface area contributed by atoms with E-state index in [9.17, 15) is 4.79 Å². The molecular weight excluding hydrogens is 230 g/mol. The van der Waals surface area contributed by atoms with Gasteiger partial charge >= 0.3 is 0 Å². The van der Waals surface area contributed by atoms with Crippen LogP contribution in [0.1, 0.15) is 21.7 Å². The van der Waals surface area contributed by atoms with Gasteiger partial charge in [0.1, 0.15) is 6.33 Å². The van der Waals surface area contributed by atoms with E-state index in [-0.39, 0.29) is 11.7 Å². The molecule has 0 atom stereocenters. The molecule has 6 heteroatoms. The second-order valence-electron chi connectivity index (χ2n) is 3.87. The Hall–Kier alpha value is -2.21. The molecule has 2 aromatic rings. The van der Waals surface area contributed by atoms with Crippen LogP contribution in [0.4, 0.5) is 0 Å². The van der Waals surface area contributed by atoms with E-state index < -0.39 is 0 Å². The molecule has 0 bridgehead atoms. The summed E-state index contributed by atoms with van der Waals surface area (Å²) >= 11 is 0. The van der Waals surface area contributed by atoms with Crippen LogP contribution in [0.5, 0.6) is 0 Å². The lowest BCUT2D eigenvalue weighted by Gasteiger charge is -2.04. The van der Waals surface area contributed by atoms with Gasteiger partial charge in [-0.3, -0.25) is 9.89 Å². The first kappa shape index (κ1) is 12.3. The van der Waals surface area contributed by atoms with Crippen molar-refractivity contribution in [2.75, 3.05) is 6.54 Å². The van der Waals surface area contributed by atoms with Crippen LogP contribution in [0.2, 0.25) is 0 Å². The second kappa shape index (κ2) is 5.92. The predicted octanol–water partition coefficient (Wildman–Crippen LogP) is 0.236. The highest BCUT2D eigenvalue weighted by Crippen LogP contribution is 2.04. The van der Waals surface area contributed by atoms with Gasteiger partial charge in [0.15, 0.2) is 0 Å². The van der Waals surface area contributed by atoms with E-state index in [4.69, 9.17) is 5.73 Å². The number of nitrogens with one attached hydrogen (secondary N) is 2. The van der Waals surface area contributed by atoms with Crippen LogP contribution in [0, 0.1) is 0 Å². The Morgan fingerprint density at radius 1 is 1.28 bits per heavy atom. The zero-order valence-corrected chi connectivity index (χ0v) is 9.89. The number of carbonyl (C=O) groups excluding carboxylic acids is 1. The molecule has 0 aliphatic heterocycles. The molecule has 1 aromatic heterocycles. The molecule has 0 unspecified atom stereocenters. The van der Waals surface area contributed by atoms with Crippen LogP contribution in [-0.4, -0.2) is 27.6 Å². The summed E-state index contributed by atoms with van der Waals surface area (Å²) in [5.41, 5.74) is 7.71. The molecule has 94 valence electrons. The third-order valence-electron chi connectivity index (χ3n) is 2.54. The highest BCUT2D eigenvalue weighted by atomic mass is 16.2. The van der Waals surface area contributed by atoms with Gasteiger partial charge in [-0.1, -0.05) is 24.3 Å². The SMILES string of the molecule is NCCc1ccc(CNC(=O)c2ncn[nH]2)cc1. The number of nitrogens with two attached hydrogens (primary N) is 1. The minimum Gasteiger partial charge on any atom is -0.345 e. The van der Waals surface area contributed by atoms with E-state index in [2.05, 4.69) is 20.5 Å². The monoisotopic (exact) mass is 245 g/mol. The van der Waals surface area contributed by atoms with E-state index >= 15 is 0 Å². The molecule has 0 aliphatic rings.